The van der Waals surface area contributed by atoms with Crippen molar-refractivity contribution < 1.29 is 14.3 Å². The van der Waals surface area contributed by atoms with E-state index < -0.39 is 35.2 Å². The van der Waals surface area contributed by atoms with Crippen molar-refractivity contribution in [1.29, 1.82) is 0 Å². The Labute approximate surface area is 183 Å². The number of aryl methyl sites for hydroxylation is 1. The Hall–Kier alpha value is -3.63. The fraction of sp³-hybridized carbons (Fsp3) is 0.105. The second-order valence-corrected chi connectivity index (χ2v) is 6.96. The number of ether oxygens (including phenoxy) is 1. The monoisotopic (exact) mass is 462 g/mol. The van der Waals surface area contributed by atoms with Crippen molar-refractivity contribution in [1.82, 2.24) is 9.88 Å². The van der Waals surface area contributed by atoms with Crippen molar-refractivity contribution in [2.24, 2.45) is 17.4 Å². The van der Waals surface area contributed by atoms with Crippen LogP contribution in [0.15, 0.2) is 51.5 Å². The van der Waals surface area contributed by atoms with Crippen LogP contribution >= 0.6 is 23.2 Å². The standard InChI is InChI=1S/C19H12Cl2N4O6/c1-25-12-7-9(31-13-4-2-3-11(20)16(13)21)5-6-10(12)17(24-30)15(19(25)28)18(27)22-8-14(26)23-29/h2-7H,8H2,1H3,(H,22,27). The Morgan fingerprint density at radius 1 is 1.16 bits per heavy atom. The first-order valence-corrected chi connectivity index (χ1v) is 9.30. The molecule has 0 saturated carbocycles. The van der Waals surface area contributed by atoms with Crippen molar-refractivity contribution in [3.05, 3.63) is 72.2 Å². The number of nitroso groups, excluding NO2 is 2. The maximum absolute atomic E-state index is 12.7. The third kappa shape index (κ3) is 4.30. The lowest BCUT2D eigenvalue weighted by atomic mass is 10.1. The van der Waals surface area contributed by atoms with Crippen LogP contribution in [0.25, 0.3) is 10.9 Å². The number of nitrogens with one attached hydrogen (secondary N) is 1. The Bertz CT molecular complexity index is 1300. The number of benzene rings is 2. The Kier molecular flexibility index (Phi) is 6.42. The van der Waals surface area contributed by atoms with Crippen molar-refractivity contribution in [3.63, 3.8) is 0 Å². The number of hydrogen-bond acceptors (Lipinski definition) is 7. The van der Waals surface area contributed by atoms with Gasteiger partial charge in [0.05, 0.1) is 10.5 Å². The van der Waals surface area contributed by atoms with E-state index in [1.54, 1.807) is 18.2 Å². The highest BCUT2D eigenvalue weighted by Crippen LogP contribution is 2.36. The van der Waals surface area contributed by atoms with E-state index in [0.717, 1.165) is 4.57 Å². The van der Waals surface area contributed by atoms with Gasteiger partial charge in [-0.25, -0.2) is 0 Å². The zero-order chi connectivity index (χ0) is 22.7. The smallest absolute Gasteiger partial charge is 0.305 e. The zero-order valence-electron chi connectivity index (χ0n) is 15.7. The summed E-state index contributed by atoms with van der Waals surface area (Å²) in [6, 6.07) is 9.22. The van der Waals surface area contributed by atoms with Gasteiger partial charge in [0.25, 0.3) is 11.5 Å². The molecule has 0 fully saturated rings. The summed E-state index contributed by atoms with van der Waals surface area (Å²) >= 11 is 12.1. The normalized spacial score (nSPS) is 10.5. The van der Waals surface area contributed by atoms with Gasteiger partial charge in [0, 0.05) is 23.7 Å². The summed E-state index contributed by atoms with van der Waals surface area (Å²) in [5, 5.41) is 7.71. The first kappa shape index (κ1) is 22.1. The number of amides is 2. The first-order chi connectivity index (χ1) is 14.8. The summed E-state index contributed by atoms with van der Waals surface area (Å²) < 4.78 is 6.84. The fourth-order valence-electron chi connectivity index (χ4n) is 2.83. The van der Waals surface area contributed by atoms with E-state index in [2.05, 4.69) is 15.7 Å². The zero-order valence-corrected chi connectivity index (χ0v) is 17.2. The summed E-state index contributed by atoms with van der Waals surface area (Å²) in [4.78, 5) is 57.8. The molecule has 0 aliphatic carbocycles. The maximum atomic E-state index is 12.7. The third-order valence-corrected chi connectivity index (χ3v) is 5.11. The van der Waals surface area contributed by atoms with Crippen LogP contribution < -0.4 is 15.6 Å². The molecule has 0 bridgehead atoms. The molecule has 0 aliphatic rings. The van der Waals surface area contributed by atoms with Gasteiger partial charge in [0.2, 0.25) is 0 Å². The third-order valence-electron chi connectivity index (χ3n) is 4.31. The van der Waals surface area contributed by atoms with Crippen molar-refractivity contribution in [2.45, 2.75) is 0 Å². The summed E-state index contributed by atoms with van der Waals surface area (Å²) in [7, 11) is 1.38. The molecule has 0 aliphatic heterocycles. The van der Waals surface area contributed by atoms with E-state index in [0.29, 0.717) is 5.02 Å². The van der Waals surface area contributed by atoms with Crippen molar-refractivity contribution >= 4 is 51.6 Å². The maximum Gasteiger partial charge on any atom is 0.305 e. The molecule has 2 aromatic carbocycles. The van der Waals surface area contributed by atoms with Gasteiger partial charge in [-0.1, -0.05) is 29.3 Å². The van der Waals surface area contributed by atoms with E-state index in [4.69, 9.17) is 27.9 Å². The van der Waals surface area contributed by atoms with Crippen LogP contribution in [0.2, 0.25) is 10.0 Å². The molecule has 12 heteroatoms. The number of nitrogens with zero attached hydrogens (tertiary/aromatic N) is 3. The predicted octanol–water partition coefficient (Wildman–Crippen LogP) is 4.06. The summed E-state index contributed by atoms with van der Waals surface area (Å²) in [5.41, 5.74) is -1.59. The second-order valence-electron chi connectivity index (χ2n) is 6.18. The summed E-state index contributed by atoms with van der Waals surface area (Å²) in [6.45, 7) is -0.727. The largest absolute Gasteiger partial charge is 0.456 e. The molecule has 0 radical (unpaired) electrons. The molecule has 31 heavy (non-hydrogen) atoms. The molecule has 10 nitrogen and oxygen atoms in total. The molecular formula is C19H12Cl2N4O6. The quantitative estimate of drug-likeness (QED) is 0.548. The van der Waals surface area contributed by atoms with Gasteiger partial charge in [-0.3, -0.25) is 14.4 Å². The highest BCUT2D eigenvalue weighted by molar-refractivity contribution is 6.42. The molecule has 0 atom stereocenters. The van der Waals surface area contributed by atoms with Gasteiger partial charge < -0.3 is 14.6 Å². The molecule has 1 heterocycles. The number of fused-ring (bicyclic) bond motifs is 1. The van der Waals surface area contributed by atoms with Crippen LogP contribution in [0, 0.1) is 9.81 Å². The van der Waals surface area contributed by atoms with Crippen molar-refractivity contribution in [3.8, 4) is 11.5 Å². The number of hydrogen-bond donors (Lipinski definition) is 1. The number of carbonyl (C=O) groups is 2. The Morgan fingerprint density at radius 2 is 1.90 bits per heavy atom. The predicted molar refractivity (Wildman–Crippen MR) is 114 cm³/mol. The average molecular weight is 463 g/mol. The van der Waals surface area contributed by atoms with Gasteiger partial charge in [-0.05, 0) is 29.4 Å². The Morgan fingerprint density at radius 3 is 2.58 bits per heavy atom. The van der Waals surface area contributed by atoms with E-state index in [-0.39, 0.29) is 27.4 Å². The van der Waals surface area contributed by atoms with Crippen molar-refractivity contribution in [2.75, 3.05) is 6.54 Å². The number of halogens is 2. The minimum Gasteiger partial charge on any atom is -0.456 e. The fourth-order valence-corrected chi connectivity index (χ4v) is 3.16. The van der Waals surface area contributed by atoms with E-state index in [1.165, 1.54) is 25.2 Å². The van der Waals surface area contributed by atoms with Crippen LogP contribution in [0.4, 0.5) is 5.69 Å². The van der Waals surface area contributed by atoms with Gasteiger partial charge in [-0.2, -0.15) is 0 Å². The summed E-state index contributed by atoms with van der Waals surface area (Å²) in [5.74, 6) is -1.63. The molecule has 158 valence electrons. The average Bonchev–Trinajstić information content (AvgIpc) is 2.77. The minimum absolute atomic E-state index is 0.187. The number of rotatable bonds is 6. The molecule has 3 aromatic rings. The van der Waals surface area contributed by atoms with Crippen LogP contribution in [0.5, 0.6) is 11.5 Å². The van der Waals surface area contributed by atoms with Gasteiger partial charge in [0.15, 0.2) is 0 Å². The number of pyridine rings is 1. The summed E-state index contributed by atoms with van der Waals surface area (Å²) in [6.07, 6.45) is 0. The molecule has 1 aromatic heterocycles. The van der Waals surface area contributed by atoms with E-state index in [9.17, 15) is 24.2 Å². The Balaban J connectivity index is 2.09. The first-order valence-electron chi connectivity index (χ1n) is 8.54. The van der Waals surface area contributed by atoms with Gasteiger partial charge >= 0.3 is 5.91 Å². The minimum atomic E-state index is -1.15. The molecule has 0 saturated heterocycles. The lowest BCUT2D eigenvalue weighted by Crippen LogP contribution is -2.35. The van der Waals surface area contributed by atoms with Crippen LogP contribution in [-0.2, 0) is 11.8 Å². The lowest BCUT2D eigenvalue weighted by molar-refractivity contribution is -0.117. The molecule has 0 unspecified atom stereocenters. The van der Waals surface area contributed by atoms with Gasteiger partial charge in [-0.15, -0.1) is 9.81 Å². The molecule has 3 rings (SSSR count). The van der Waals surface area contributed by atoms with Crippen LogP contribution in [-0.4, -0.2) is 22.9 Å². The van der Waals surface area contributed by atoms with E-state index in [1.807, 2.05) is 0 Å². The van der Waals surface area contributed by atoms with E-state index >= 15 is 0 Å². The molecular weight excluding hydrogens is 451 g/mol. The molecule has 1 N–H and O–H groups in total. The van der Waals surface area contributed by atoms with Crippen LogP contribution in [0.3, 0.4) is 0 Å². The number of carbonyl (C=O) groups excluding carboxylic acids is 2. The topological polar surface area (TPSA) is 136 Å². The highest BCUT2D eigenvalue weighted by atomic mass is 35.5. The van der Waals surface area contributed by atoms with Gasteiger partial charge in [0.1, 0.15) is 34.3 Å². The molecule has 0 spiro atoms. The highest BCUT2D eigenvalue weighted by Gasteiger charge is 2.23. The SMILES string of the molecule is Cn1c(=O)c(C(=O)NCC(=O)N=O)c(N=O)c2ccc(Oc3cccc(Cl)c3Cl)cc21. The van der Waals surface area contributed by atoms with Crippen LogP contribution in [0.1, 0.15) is 10.4 Å². The number of aromatic nitrogens is 1. The second kappa shape index (κ2) is 9.02. The lowest BCUT2D eigenvalue weighted by Gasteiger charge is -2.13. The molecule has 2 amide bonds.